The lowest BCUT2D eigenvalue weighted by atomic mass is 10.0. The predicted octanol–water partition coefficient (Wildman–Crippen LogP) is 4.36. The molecule has 0 saturated heterocycles. The van der Waals surface area contributed by atoms with Gasteiger partial charge in [0.1, 0.15) is 5.75 Å². The van der Waals surface area contributed by atoms with E-state index in [1.54, 1.807) is 12.1 Å². The molecule has 0 radical (unpaired) electrons. The largest absolute Gasteiger partial charge is 0.493 e. The molecule has 29 heavy (non-hydrogen) atoms. The Kier molecular flexibility index (Phi) is 5.53. The number of fused-ring (bicyclic) bond motifs is 2. The Hall–Kier alpha value is -2.86. The van der Waals surface area contributed by atoms with Gasteiger partial charge >= 0.3 is 0 Å². The molecule has 0 bridgehead atoms. The Morgan fingerprint density at radius 3 is 2.59 bits per heavy atom. The Labute approximate surface area is 170 Å². The maximum absolute atomic E-state index is 12.7. The zero-order valence-corrected chi connectivity index (χ0v) is 16.9. The van der Waals surface area contributed by atoms with Gasteiger partial charge in [-0.15, -0.1) is 0 Å². The van der Waals surface area contributed by atoms with Crippen LogP contribution < -0.4 is 10.1 Å². The average Bonchev–Trinajstić information content (AvgIpc) is 2.73. The zero-order chi connectivity index (χ0) is 20.3. The maximum atomic E-state index is 12.7. The molecular formula is C23H23NO4S. The van der Waals surface area contributed by atoms with Crippen molar-refractivity contribution in [3.63, 3.8) is 0 Å². The number of carbonyl (C=O) groups excluding carboxylic acids is 1. The summed E-state index contributed by atoms with van der Waals surface area (Å²) in [6, 6.07) is 18.6. The van der Waals surface area contributed by atoms with Crippen LogP contribution in [0.15, 0.2) is 65.6 Å². The van der Waals surface area contributed by atoms with Crippen LogP contribution in [0.25, 0.3) is 10.8 Å². The number of benzene rings is 3. The molecule has 1 amide bonds. The third-order valence-electron chi connectivity index (χ3n) is 5.15. The molecule has 5 nitrogen and oxygen atoms in total. The number of carbonyl (C=O) groups is 1. The van der Waals surface area contributed by atoms with E-state index in [1.807, 2.05) is 48.5 Å². The Balaban J connectivity index is 1.32. The van der Waals surface area contributed by atoms with Gasteiger partial charge in [0, 0.05) is 17.7 Å². The fourth-order valence-corrected chi connectivity index (χ4v) is 4.98. The molecule has 1 aliphatic rings. The van der Waals surface area contributed by atoms with Gasteiger partial charge in [-0.1, -0.05) is 36.4 Å². The van der Waals surface area contributed by atoms with Gasteiger partial charge in [0.2, 0.25) is 5.91 Å². The number of amides is 1. The topological polar surface area (TPSA) is 72.5 Å². The van der Waals surface area contributed by atoms with Gasteiger partial charge in [0.15, 0.2) is 9.84 Å². The van der Waals surface area contributed by atoms with Crippen LogP contribution in [0.5, 0.6) is 5.75 Å². The first-order valence-electron chi connectivity index (χ1n) is 9.79. The summed E-state index contributed by atoms with van der Waals surface area (Å²) in [5.74, 6) is 0.880. The lowest BCUT2D eigenvalue weighted by Crippen LogP contribution is -2.19. The normalized spacial score (nSPS) is 13.7. The van der Waals surface area contributed by atoms with E-state index in [0.717, 1.165) is 27.8 Å². The molecule has 0 unspecified atom stereocenters. The van der Waals surface area contributed by atoms with Crippen molar-refractivity contribution < 1.29 is 17.9 Å². The van der Waals surface area contributed by atoms with Gasteiger partial charge < -0.3 is 10.1 Å². The minimum absolute atomic E-state index is 0.0218. The van der Waals surface area contributed by atoms with Crippen molar-refractivity contribution in [2.45, 2.75) is 30.6 Å². The van der Waals surface area contributed by atoms with Crippen LogP contribution >= 0.6 is 0 Å². The number of unbranched alkanes of at least 4 members (excludes halogenated alkanes) is 1. The van der Waals surface area contributed by atoms with E-state index in [4.69, 9.17) is 4.74 Å². The van der Waals surface area contributed by atoms with Gasteiger partial charge in [-0.05, 0) is 54.3 Å². The van der Waals surface area contributed by atoms with Crippen molar-refractivity contribution in [3.05, 3.63) is 66.2 Å². The van der Waals surface area contributed by atoms with Gasteiger partial charge in [0.25, 0.3) is 0 Å². The van der Waals surface area contributed by atoms with Crippen molar-refractivity contribution in [2.75, 3.05) is 17.7 Å². The van der Waals surface area contributed by atoms with Crippen LogP contribution in [0.1, 0.15) is 24.8 Å². The number of hydrogen-bond acceptors (Lipinski definition) is 4. The first-order valence-corrected chi connectivity index (χ1v) is 11.4. The van der Waals surface area contributed by atoms with Crippen LogP contribution in [0.2, 0.25) is 0 Å². The van der Waals surface area contributed by atoms with Gasteiger partial charge in [-0.25, -0.2) is 8.42 Å². The van der Waals surface area contributed by atoms with Crippen molar-refractivity contribution >= 4 is 32.2 Å². The Morgan fingerprint density at radius 1 is 0.897 bits per heavy atom. The van der Waals surface area contributed by atoms with E-state index in [2.05, 4.69) is 5.32 Å². The first kappa shape index (κ1) is 19.5. The minimum atomic E-state index is -3.32. The molecule has 1 heterocycles. The summed E-state index contributed by atoms with van der Waals surface area (Å²) >= 11 is 0. The van der Waals surface area contributed by atoms with E-state index >= 15 is 0 Å². The molecule has 0 fully saturated rings. The molecular weight excluding hydrogens is 386 g/mol. The van der Waals surface area contributed by atoms with Gasteiger partial charge in [0.05, 0.1) is 17.3 Å². The van der Waals surface area contributed by atoms with E-state index in [1.165, 1.54) is 0 Å². The van der Waals surface area contributed by atoms with Crippen molar-refractivity contribution in [2.24, 2.45) is 0 Å². The number of rotatable bonds is 7. The molecule has 0 aliphatic carbocycles. The van der Waals surface area contributed by atoms with Gasteiger partial charge in [-0.3, -0.25) is 4.79 Å². The summed E-state index contributed by atoms with van der Waals surface area (Å²) in [4.78, 5) is 11.9. The Bertz CT molecular complexity index is 1150. The second kappa shape index (κ2) is 8.25. The third-order valence-corrected chi connectivity index (χ3v) is 6.95. The first-order chi connectivity index (χ1) is 14.0. The van der Waals surface area contributed by atoms with Crippen molar-refractivity contribution in [3.8, 4) is 5.75 Å². The van der Waals surface area contributed by atoms with Crippen molar-refractivity contribution in [1.82, 2.24) is 0 Å². The summed E-state index contributed by atoms with van der Waals surface area (Å²) in [5, 5.41) is 4.81. The third kappa shape index (κ3) is 4.43. The minimum Gasteiger partial charge on any atom is -0.493 e. The molecule has 0 spiro atoms. The highest BCUT2D eigenvalue weighted by Gasteiger charge is 2.18. The van der Waals surface area contributed by atoms with E-state index < -0.39 is 9.84 Å². The number of hydrogen-bond donors (Lipinski definition) is 1. The highest BCUT2D eigenvalue weighted by atomic mass is 32.2. The summed E-state index contributed by atoms with van der Waals surface area (Å²) in [6.45, 7) is 0.442. The molecule has 6 heteroatoms. The zero-order valence-electron chi connectivity index (χ0n) is 16.1. The van der Waals surface area contributed by atoms with Crippen LogP contribution in [0, 0.1) is 0 Å². The quantitative estimate of drug-likeness (QED) is 0.589. The van der Waals surface area contributed by atoms with Crippen LogP contribution in [-0.2, 0) is 21.1 Å². The average molecular weight is 410 g/mol. The monoisotopic (exact) mass is 409 g/mol. The highest BCUT2D eigenvalue weighted by molar-refractivity contribution is 7.91. The molecule has 0 saturated carbocycles. The van der Waals surface area contributed by atoms with Crippen molar-refractivity contribution in [1.29, 1.82) is 0 Å². The molecule has 150 valence electrons. The van der Waals surface area contributed by atoms with Crippen LogP contribution in [0.3, 0.4) is 0 Å². The summed E-state index contributed by atoms with van der Waals surface area (Å²) < 4.78 is 31.2. The van der Waals surface area contributed by atoms with E-state index in [0.29, 0.717) is 37.2 Å². The van der Waals surface area contributed by atoms with Crippen LogP contribution in [0.4, 0.5) is 5.69 Å². The van der Waals surface area contributed by atoms with E-state index in [9.17, 15) is 13.2 Å². The predicted molar refractivity (Wildman–Crippen MR) is 114 cm³/mol. The fourth-order valence-electron chi connectivity index (χ4n) is 3.58. The molecule has 3 aromatic carbocycles. The smallest absolute Gasteiger partial charge is 0.224 e. The molecule has 4 rings (SSSR count). The molecule has 1 aliphatic heterocycles. The Morgan fingerprint density at radius 2 is 1.72 bits per heavy atom. The number of sulfone groups is 1. The SMILES string of the molecule is O=C1CCc2c(cccc2OCCCCS(=O)(=O)c2ccc3ccccc3c2)N1. The van der Waals surface area contributed by atoms with Gasteiger partial charge in [-0.2, -0.15) is 0 Å². The fraction of sp³-hybridized carbons (Fsp3) is 0.261. The number of ether oxygens (including phenoxy) is 1. The number of anilines is 1. The number of nitrogens with one attached hydrogen (secondary N) is 1. The lowest BCUT2D eigenvalue weighted by molar-refractivity contribution is -0.116. The maximum Gasteiger partial charge on any atom is 0.224 e. The molecule has 0 aromatic heterocycles. The van der Waals surface area contributed by atoms with E-state index in [-0.39, 0.29) is 11.7 Å². The molecule has 1 N–H and O–H groups in total. The second-order valence-corrected chi connectivity index (χ2v) is 9.32. The summed E-state index contributed by atoms with van der Waals surface area (Å²) in [5.41, 5.74) is 1.81. The second-order valence-electron chi connectivity index (χ2n) is 7.21. The lowest BCUT2D eigenvalue weighted by Gasteiger charge is -2.20. The standard InChI is InChI=1S/C23H23NO4S/c25-23-13-12-20-21(24-23)8-5-9-22(20)28-14-3-4-15-29(26,27)19-11-10-17-6-1-2-7-18(17)16-19/h1-2,5-11,16H,3-4,12-15H2,(H,24,25). The summed E-state index contributed by atoms with van der Waals surface area (Å²) in [7, 11) is -3.32. The van der Waals surface area contributed by atoms with Crippen LogP contribution in [-0.4, -0.2) is 26.7 Å². The molecule has 0 atom stereocenters. The highest BCUT2D eigenvalue weighted by Crippen LogP contribution is 2.31. The molecule has 3 aromatic rings. The summed E-state index contributed by atoms with van der Waals surface area (Å²) in [6.07, 6.45) is 2.29.